The highest BCUT2D eigenvalue weighted by Gasteiger charge is 2.12. The smallest absolute Gasteiger partial charge is 0.253 e. The van der Waals surface area contributed by atoms with Crippen LogP contribution in [0.3, 0.4) is 0 Å². The van der Waals surface area contributed by atoms with Crippen LogP contribution in [-0.2, 0) is 11.3 Å². The van der Waals surface area contributed by atoms with Crippen LogP contribution >= 0.6 is 0 Å². The third-order valence-electron chi connectivity index (χ3n) is 3.57. The number of aliphatic hydroxyl groups is 1. The Labute approximate surface area is 123 Å². The van der Waals surface area contributed by atoms with Gasteiger partial charge in [0.1, 0.15) is 0 Å². The fourth-order valence-corrected chi connectivity index (χ4v) is 2.51. The summed E-state index contributed by atoms with van der Waals surface area (Å²) in [7, 11) is 0. The summed E-state index contributed by atoms with van der Waals surface area (Å²) in [4.78, 5) is 28.0. The Balaban J connectivity index is 2.47. The molecule has 0 spiro atoms. The van der Waals surface area contributed by atoms with E-state index in [9.17, 15) is 9.59 Å². The minimum Gasteiger partial charge on any atom is -0.395 e. The van der Waals surface area contributed by atoms with Gasteiger partial charge in [-0.05, 0) is 37.1 Å². The van der Waals surface area contributed by atoms with E-state index in [1.807, 2.05) is 26.0 Å². The zero-order valence-electron chi connectivity index (χ0n) is 12.6. The summed E-state index contributed by atoms with van der Waals surface area (Å²) < 4.78 is 0. The van der Waals surface area contributed by atoms with E-state index in [1.54, 1.807) is 0 Å². The van der Waals surface area contributed by atoms with Crippen LogP contribution in [0, 0.1) is 13.8 Å². The van der Waals surface area contributed by atoms with Gasteiger partial charge in [0.05, 0.1) is 13.2 Å². The lowest BCUT2D eigenvalue weighted by molar-refractivity contribution is -0.129. The average molecular weight is 288 g/mol. The van der Waals surface area contributed by atoms with E-state index in [1.165, 1.54) is 11.8 Å². The van der Waals surface area contributed by atoms with Gasteiger partial charge in [-0.3, -0.25) is 9.59 Å². The summed E-state index contributed by atoms with van der Waals surface area (Å²) in [6.07, 6.45) is 0. The number of nitrogens with one attached hydrogen (secondary N) is 1. The largest absolute Gasteiger partial charge is 0.395 e. The van der Waals surface area contributed by atoms with Crippen molar-refractivity contribution in [2.75, 3.05) is 13.2 Å². The Hall–Kier alpha value is -2.14. The van der Waals surface area contributed by atoms with Crippen molar-refractivity contribution in [3.63, 3.8) is 0 Å². The van der Waals surface area contributed by atoms with Crippen molar-refractivity contribution >= 4 is 16.8 Å². The molecular formula is C16H20N2O3. The fourth-order valence-electron chi connectivity index (χ4n) is 2.51. The lowest BCUT2D eigenvalue weighted by Gasteiger charge is -2.19. The molecule has 2 rings (SSSR count). The van der Waals surface area contributed by atoms with Crippen LogP contribution < -0.4 is 5.56 Å². The Morgan fingerprint density at radius 3 is 2.62 bits per heavy atom. The first-order chi connectivity index (χ1) is 9.92. The molecule has 1 aromatic heterocycles. The number of aliphatic hydroxyl groups excluding tert-OH is 1. The first kappa shape index (κ1) is 15.3. The number of rotatable bonds is 4. The summed E-state index contributed by atoms with van der Waals surface area (Å²) in [5.41, 5.74) is 3.31. The molecule has 0 saturated carbocycles. The van der Waals surface area contributed by atoms with Gasteiger partial charge in [-0.1, -0.05) is 6.07 Å². The van der Waals surface area contributed by atoms with Crippen LogP contribution in [0.2, 0.25) is 0 Å². The minimum atomic E-state index is -0.198. The predicted octanol–water partition coefficient (Wildman–Crippen LogP) is 1.49. The molecule has 0 aliphatic rings. The molecule has 0 radical (unpaired) electrons. The summed E-state index contributed by atoms with van der Waals surface area (Å²) >= 11 is 0. The van der Waals surface area contributed by atoms with E-state index in [4.69, 9.17) is 5.11 Å². The van der Waals surface area contributed by atoms with Crippen LogP contribution in [-0.4, -0.2) is 34.0 Å². The summed E-state index contributed by atoms with van der Waals surface area (Å²) in [6.45, 7) is 5.71. The lowest BCUT2D eigenvalue weighted by atomic mass is 10.0. The van der Waals surface area contributed by atoms with Crippen molar-refractivity contribution in [3.8, 4) is 0 Å². The maximum atomic E-state index is 12.2. The molecule has 0 unspecified atom stereocenters. The van der Waals surface area contributed by atoms with Crippen LogP contribution in [0.5, 0.6) is 0 Å². The van der Waals surface area contributed by atoms with Crippen LogP contribution in [0.25, 0.3) is 10.9 Å². The van der Waals surface area contributed by atoms with Crippen molar-refractivity contribution in [2.45, 2.75) is 27.3 Å². The van der Waals surface area contributed by atoms with E-state index >= 15 is 0 Å². The highest BCUT2D eigenvalue weighted by Crippen LogP contribution is 2.18. The van der Waals surface area contributed by atoms with Gasteiger partial charge in [0.15, 0.2) is 0 Å². The number of carbonyl (C=O) groups excluding carboxylic acids is 1. The monoisotopic (exact) mass is 288 g/mol. The second-order valence-electron chi connectivity index (χ2n) is 5.33. The number of aryl methyl sites for hydroxylation is 2. The van der Waals surface area contributed by atoms with Gasteiger partial charge in [0.2, 0.25) is 5.91 Å². The second-order valence-corrected chi connectivity index (χ2v) is 5.33. The molecule has 0 atom stereocenters. The molecule has 1 amide bonds. The van der Waals surface area contributed by atoms with Crippen molar-refractivity contribution < 1.29 is 9.90 Å². The number of fused-ring (bicyclic) bond motifs is 1. The number of amides is 1. The standard InChI is InChI=1S/C16H20N2O3/c1-10-6-11(2)14-8-13(16(21)17-15(14)7-10)9-18(4-5-19)12(3)20/h6-8,19H,4-5,9H2,1-3H3,(H,17,21). The van der Waals surface area contributed by atoms with Gasteiger partial charge in [-0.25, -0.2) is 0 Å². The molecule has 0 saturated heterocycles. The fraction of sp³-hybridized carbons (Fsp3) is 0.375. The zero-order chi connectivity index (χ0) is 15.6. The third kappa shape index (κ3) is 3.31. The highest BCUT2D eigenvalue weighted by atomic mass is 16.3. The summed E-state index contributed by atoms with van der Waals surface area (Å²) in [5, 5.41) is 9.97. The molecule has 1 heterocycles. The van der Waals surface area contributed by atoms with Crippen molar-refractivity contribution in [1.29, 1.82) is 0 Å². The Bertz CT molecular complexity index is 734. The maximum Gasteiger partial charge on any atom is 0.253 e. The van der Waals surface area contributed by atoms with Crippen LogP contribution in [0.15, 0.2) is 23.0 Å². The van der Waals surface area contributed by atoms with E-state index in [0.29, 0.717) is 5.56 Å². The number of carbonyl (C=O) groups is 1. The minimum absolute atomic E-state index is 0.122. The number of hydrogen-bond acceptors (Lipinski definition) is 3. The lowest BCUT2D eigenvalue weighted by Crippen LogP contribution is -2.33. The number of hydrogen-bond donors (Lipinski definition) is 2. The third-order valence-corrected chi connectivity index (χ3v) is 3.57. The van der Waals surface area contributed by atoms with E-state index in [0.717, 1.165) is 22.0 Å². The van der Waals surface area contributed by atoms with E-state index in [2.05, 4.69) is 11.1 Å². The van der Waals surface area contributed by atoms with Gasteiger partial charge in [-0.2, -0.15) is 0 Å². The summed E-state index contributed by atoms with van der Waals surface area (Å²) in [5.74, 6) is -0.163. The van der Waals surface area contributed by atoms with Crippen molar-refractivity contribution in [1.82, 2.24) is 9.88 Å². The highest BCUT2D eigenvalue weighted by molar-refractivity contribution is 5.83. The molecule has 21 heavy (non-hydrogen) atoms. The topological polar surface area (TPSA) is 73.4 Å². The number of aromatic amines is 1. The maximum absolute atomic E-state index is 12.2. The number of H-pyrrole nitrogens is 1. The van der Waals surface area contributed by atoms with E-state index < -0.39 is 0 Å². The summed E-state index contributed by atoms with van der Waals surface area (Å²) in [6, 6.07) is 5.82. The predicted molar refractivity (Wildman–Crippen MR) is 82.2 cm³/mol. The van der Waals surface area contributed by atoms with Gasteiger partial charge in [0.25, 0.3) is 5.56 Å². The normalized spacial score (nSPS) is 10.9. The van der Waals surface area contributed by atoms with Crippen LogP contribution in [0.4, 0.5) is 0 Å². The quantitative estimate of drug-likeness (QED) is 0.895. The SMILES string of the molecule is CC(=O)N(CCO)Cc1cc2c(C)cc(C)cc2[nH]c1=O. The molecule has 5 nitrogen and oxygen atoms in total. The van der Waals surface area contributed by atoms with Gasteiger partial charge >= 0.3 is 0 Å². The van der Waals surface area contributed by atoms with Crippen molar-refractivity contribution in [3.05, 3.63) is 45.2 Å². The molecule has 5 heteroatoms. The Kier molecular flexibility index (Phi) is 4.43. The van der Waals surface area contributed by atoms with Gasteiger partial charge in [0, 0.05) is 29.9 Å². The van der Waals surface area contributed by atoms with Crippen molar-refractivity contribution in [2.24, 2.45) is 0 Å². The number of aromatic nitrogens is 1. The zero-order valence-corrected chi connectivity index (χ0v) is 12.6. The molecule has 0 bridgehead atoms. The number of nitrogens with zero attached hydrogens (tertiary/aromatic N) is 1. The number of benzene rings is 1. The molecule has 1 aromatic carbocycles. The van der Waals surface area contributed by atoms with E-state index in [-0.39, 0.29) is 31.2 Å². The molecule has 0 aliphatic carbocycles. The van der Waals surface area contributed by atoms with Gasteiger partial charge in [-0.15, -0.1) is 0 Å². The first-order valence-electron chi connectivity index (χ1n) is 6.92. The van der Waals surface area contributed by atoms with Crippen LogP contribution in [0.1, 0.15) is 23.6 Å². The average Bonchev–Trinajstić information content (AvgIpc) is 2.39. The Morgan fingerprint density at radius 2 is 2.00 bits per heavy atom. The molecule has 112 valence electrons. The Morgan fingerprint density at radius 1 is 1.29 bits per heavy atom. The molecule has 0 aliphatic heterocycles. The molecule has 2 N–H and O–H groups in total. The molecular weight excluding hydrogens is 268 g/mol. The number of pyridine rings is 1. The first-order valence-corrected chi connectivity index (χ1v) is 6.92. The molecule has 2 aromatic rings. The molecule has 0 fully saturated rings. The van der Waals surface area contributed by atoms with Gasteiger partial charge < -0.3 is 15.0 Å². The second kappa shape index (κ2) is 6.10.